The molecular weight excluding hydrogens is 410 g/mol. The van der Waals surface area contributed by atoms with Crippen molar-refractivity contribution in [2.45, 2.75) is 45.6 Å². The third kappa shape index (κ3) is 3.23. The van der Waals surface area contributed by atoms with Crippen molar-refractivity contribution in [3.63, 3.8) is 0 Å². The summed E-state index contributed by atoms with van der Waals surface area (Å²) < 4.78 is 7.73. The molecule has 1 N–H and O–H groups in total. The minimum Gasteiger partial charge on any atom is -0.479 e. The molecule has 4 aromatic rings. The van der Waals surface area contributed by atoms with E-state index >= 15 is 0 Å². The molecule has 1 unspecified atom stereocenters. The number of ether oxygens (including phenoxy) is 1. The van der Waals surface area contributed by atoms with E-state index in [1.807, 2.05) is 37.6 Å². The summed E-state index contributed by atoms with van der Waals surface area (Å²) in [6, 6.07) is 6.16. The van der Waals surface area contributed by atoms with Crippen molar-refractivity contribution in [2.75, 3.05) is 6.61 Å². The second kappa shape index (κ2) is 7.73. The lowest BCUT2D eigenvalue weighted by molar-refractivity contribution is -0.150. The number of nitrogens with zero attached hydrogens (tertiary/aromatic N) is 3. The first-order valence-electron chi connectivity index (χ1n) is 10.7. The van der Waals surface area contributed by atoms with Gasteiger partial charge in [0, 0.05) is 40.7 Å². The summed E-state index contributed by atoms with van der Waals surface area (Å²) in [7, 11) is 1.97. The van der Waals surface area contributed by atoms with Crippen LogP contribution in [0.25, 0.3) is 32.4 Å². The number of pyridine rings is 1. The number of carbonyl (C=O) groups is 1. The fraction of sp³-hybridized carbons (Fsp3) is 0.375. The Kier molecular flexibility index (Phi) is 5.02. The van der Waals surface area contributed by atoms with E-state index in [1.165, 1.54) is 16.9 Å². The average molecular weight is 436 g/mol. The van der Waals surface area contributed by atoms with Gasteiger partial charge in [0.05, 0.1) is 17.4 Å². The van der Waals surface area contributed by atoms with Crippen molar-refractivity contribution >= 4 is 38.6 Å². The summed E-state index contributed by atoms with van der Waals surface area (Å²) in [5.41, 5.74) is 6.58. The van der Waals surface area contributed by atoms with Gasteiger partial charge in [0.15, 0.2) is 6.10 Å². The van der Waals surface area contributed by atoms with E-state index < -0.39 is 12.1 Å². The quantitative estimate of drug-likeness (QED) is 0.466. The van der Waals surface area contributed by atoms with Gasteiger partial charge >= 0.3 is 5.97 Å². The number of thiophene rings is 1. The normalized spacial score (nSPS) is 14.8. The molecule has 1 aliphatic rings. The predicted octanol–water partition coefficient (Wildman–Crippen LogP) is 5.20. The van der Waals surface area contributed by atoms with Crippen molar-refractivity contribution in [3.8, 4) is 11.1 Å². The van der Waals surface area contributed by atoms with Gasteiger partial charge in [-0.05, 0) is 62.8 Å². The van der Waals surface area contributed by atoms with Gasteiger partial charge in [-0.1, -0.05) is 6.07 Å². The van der Waals surface area contributed by atoms with Crippen LogP contribution >= 0.6 is 11.3 Å². The number of aryl methyl sites for hydroxylation is 4. The summed E-state index contributed by atoms with van der Waals surface area (Å²) >= 11 is 1.76. The third-order valence-corrected chi connectivity index (χ3v) is 7.35. The van der Waals surface area contributed by atoms with E-state index in [0.717, 1.165) is 51.6 Å². The first-order chi connectivity index (χ1) is 15.0. The van der Waals surface area contributed by atoms with Crippen molar-refractivity contribution < 1.29 is 14.6 Å². The van der Waals surface area contributed by atoms with Gasteiger partial charge in [0.2, 0.25) is 0 Å². The molecule has 0 fully saturated rings. The van der Waals surface area contributed by atoms with Crippen LogP contribution in [-0.4, -0.2) is 32.2 Å². The molecule has 0 aliphatic heterocycles. The lowest BCUT2D eigenvalue weighted by Crippen LogP contribution is -2.18. The number of aliphatic carboxylic acids is 1. The van der Waals surface area contributed by atoms with Gasteiger partial charge in [-0.25, -0.2) is 14.8 Å². The van der Waals surface area contributed by atoms with Crippen LogP contribution in [0.3, 0.4) is 0 Å². The zero-order chi connectivity index (χ0) is 21.7. The molecule has 1 aromatic carbocycles. The Labute approximate surface area is 184 Å². The van der Waals surface area contributed by atoms with Crippen LogP contribution in [0.5, 0.6) is 0 Å². The number of aromatic nitrogens is 3. The zero-order valence-corrected chi connectivity index (χ0v) is 18.8. The maximum absolute atomic E-state index is 12.2. The van der Waals surface area contributed by atoms with Gasteiger partial charge in [-0.15, -0.1) is 11.3 Å². The molecule has 31 heavy (non-hydrogen) atoms. The molecule has 0 bridgehead atoms. The smallest absolute Gasteiger partial charge is 0.337 e. The van der Waals surface area contributed by atoms with Crippen LogP contribution in [0, 0.1) is 6.92 Å². The average Bonchev–Trinajstić information content (AvgIpc) is 3.31. The Morgan fingerprint density at radius 1 is 1.32 bits per heavy atom. The van der Waals surface area contributed by atoms with E-state index in [0.29, 0.717) is 17.9 Å². The first kappa shape index (κ1) is 20.2. The number of hydrogen-bond donors (Lipinski definition) is 1. The molecule has 6 nitrogen and oxygen atoms in total. The van der Waals surface area contributed by atoms with Gasteiger partial charge < -0.3 is 14.4 Å². The van der Waals surface area contributed by atoms with Crippen LogP contribution in [0.1, 0.15) is 47.6 Å². The second-order valence-corrected chi connectivity index (χ2v) is 9.19. The van der Waals surface area contributed by atoms with Crippen LogP contribution in [-0.2, 0) is 29.4 Å². The molecule has 160 valence electrons. The Morgan fingerprint density at radius 2 is 2.13 bits per heavy atom. The molecule has 0 saturated carbocycles. The molecule has 1 aliphatic carbocycles. The number of carboxylic acids is 1. The maximum atomic E-state index is 12.2. The monoisotopic (exact) mass is 435 g/mol. The van der Waals surface area contributed by atoms with E-state index in [1.54, 1.807) is 17.7 Å². The van der Waals surface area contributed by atoms with Crippen LogP contribution in [0.15, 0.2) is 24.5 Å². The first-order valence-corrected chi connectivity index (χ1v) is 11.5. The Hall–Kier alpha value is -2.77. The van der Waals surface area contributed by atoms with E-state index in [9.17, 15) is 9.90 Å². The van der Waals surface area contributed by atoms with Crippen LogP contribution in [0.4, 0.5) is 0 Å². The van der Waals surface area contributed by atoms with Crippen molar-refractivity contribution in [1.82, 2.24) is 14.5 Å². The maximum Gasteiger partial charge on any atom is 0.337 e. The molecule has 0 saturated heterocycles. The molecule has 7 heteroatoms. The molecule has 5 rings (SSSR count). The lowest BCUT2D eigenvalue weighted by atomic mass is 9.88. The van der Waals surface area contributed by atoms with Gasteiger partial charge in [-0.2, -0.15) is 0 Å². The SMILES string of the molecule is CCOC(C(=O)O)c1c(C)nc2sc3c(c2c1-c1ccc2ncn(C)c2c1)CCCC3. The molecule has 0 radical (unpaired) electrons. The Balaban J connectivity index is 1.90. The van der Waals surface area contributed by atoms with Gasteiger partial charge in [0.25, 0.3) is 0 Å². The summed E-state index contributed by atoms with van der Waals surface area (Å²) in [5.74, 6) is -0.988. The minimum absolute atomic E-state index is 0.316. The lowest BCUT2D eigenvalue weighted by Gasteiger charge is -2.21. The summed E-state index contributed by atoms with van der Waals surface area (Å²) in [6.07, 6.45) is 5.16. The molecule has 0 amide bonds. The van der Waals surface area contributed by atoms with Crippen molar-refractivity contribution in [3.05, 3.63) is 46.2 Å². The molecular formula is C24H25N3O3S. The molecule has 1 atom stereocenters. The van der Waals surface area contributed by atoms with E-state index in [2.05, 4.69) is 11.1 Å². The van der Waals surface area contributed by atoms with E-state index in [-0.39, 0.29) is 0 Å². The Bertz CT molecular complexity index is 1320. The number of hydrogen-bond acceptors (Lipinski definition) is 5. The number of rotatable bonds is 5. The number of fused-ring (bicyclic) bond motifs is 4. The third-order valence-electron chi connectivity index (χ3n) is 6.17. The predicted molar refractivity (Wildman–Crippen MR) is 123 cm³/mol. The summed E-state index contributed by atoms with van der Waals surface area (Å²) in [4.78, 5) is 24.0. The summed E-state index contributed by atoms with van der Waals surface area (Å²) in [6.45, 7) is 4.04. The Morgan fingerprint density at radius 3 is 2.90 bits per heavy atom. The highest BCUT2D eigenvalue weighted by atomic mass is 32.1. The van der Waals surface area contributed by atoms with Crippen LogP contribution < -0.4 is 0 Å². The van der Waals surface area contributed by atoms with Crippen molar-refractivity contribution in [2.24, 2.45) is 7.05 Å². The largest absolute Gasteiger partial charge is 0.479 e. The standard InChI is InChI=1S/C24H25N3O3S/c1-4-30-22(24(28)29)19-13(2)26-23-21(15-7-5-6-8-18(15)31-23)20(19)14-9-10-16-17(11-14)27(3)12-25-16/h9-12,22H,4-8H2,1-3H3,(H,28,29). The number of benzene rings is 1. The minimum atomic E-state index is -1.06. The molecule has 0 spiro atoms. The highest BCUT2D eigenvalue weighted by Gasteiger charge is 2.31. The zero-order valence-electron chi connectivity index (χ0n) is 17.9. The fourth-order valence-electron chi connectivity index (χ4n) is 4.76. The number of carboxylic acid groups (broad SMARTS) is 1. The van der Waals surface area contributed by atoms with Gasteiger partial charge in [-0.3, -0.25) is 0 Å². The van der Waals surface area contributed by atoms with E-state index in [4.69, 9.17) is 9.72 Å². The summed E-state index contributed by atoms with van der Waals surface area (Å²) in [5, 5.41) is 11.1. The van der Waals surface area contributed by atoms with Crippen LogP contribution in [0.2, 0.25) is 0 Å². The highest BCUT2D eigenvalue weighted by molar-refractivity contribution is 7.19. The van der Waals surface area contributed by atoms with Crippen molar-refractivity contribution in [1.29, 1.82) is 0 Å². The van der Waals surface area contributed by atoms with Gasteiger partial charge in [0.1, 0.15) is 4.83 Å². The molecule has 3 aromatic heterocycles. The second-order valence-electron chi connectivity index (χ2n) is 8.11. The fourth-order valence-corrected chi connectivity index (χ4v) is 6.08. The topological polar surface area (TPSA) is 77.2 Å². The highest BCUT2D eigenvalue weighted by Crippen LogP contribution is 2.45. The number of imidazole rings is 1. The molecule has 3 heterocycles.